The molecule has 1 aliphatic heterocycles. The van der Waals surface area contributed by atoms with Gasteiger partial charge < -0.3 is 14.8 Å². The third kappa shape index (κ3) is 3.72. The number of amides is 2. The molecule has 1 saturated heterocycles. The summed E-state index contributed by atoms with van der Waals surface area (Å²) in [5.41, 5.74) is 0.792. The Kier molecular flexibility index (Phi) is 5.16. The molecule has 0 unspecified atom stereocenters. The lowest BCUT2D eigenvalue weighted by Gasteiger charge is -2.16. The van der Waals surface area contributed by atoms with Crippen molar-refractivity contribution in [3.8, 4) is 5.75 Å². The lowest BCUT2D eigenvalue weighted by Crippen LogP contribution is -2.35. The molecule has 1 aliphatic rings. The van der Waals surface area contributed by atoms with E-state index in [1.54, 1.807) is 26.4 Å². The minimum absolute atomic E-state index is 0.137. The number of rotatable bonds is 7. The highest BCUT2D eigenvalue weighted by molar-refractivity contribution is 6.06. The summed E-state index contributed by atoms with van der Waals surface area (Å²) >= 11 is 0. The van der Waals surface area contributed by atoms with Crippen molar-refractivity contribution in [2.75, 3.05) is 32.7 Å². The van der Waals surface area contributed by atoms with Crippen LogP contribution in [-0.4, -0.2) is 50.1 Å². The number of anilines is 1. The van der Waals surface area contributed by atoms with Gasteiger partial charge in [-0.1, -0.05) is 0 Å². The molecule has 1 aromatic carbocycles. The molecule has 2 amide bonds. The van der Waals surface area contributed by atoms with E-state index in [-0.39, 0.29) is 18.2 Å². The van der Waals surface area contributed by atoms with Crippen molar-refractivity contribution in [3.63, 3.8) is 0 Å². The summed E-state index contributed by atoms with van der Waals surface area (Å²) in [4.78, 5) is 25.4. The Bertz CT molecular complexity index is 501. The van der Waals surface area contributed by atoms with Crippen LogP contribution in [0.3, 0.4) is 0 Å². The highest BCUT2D eigenvalue weighted by Crippen LogP contribution is 2.20. The number of carbonyl (C=O) groups excluding carboxylic acids is 2. The van der Waals surface area contributed by atoms with E-state index < -0.39 is 6.04 Å². The average molecular weight is 292 g/mol. The van der Waals surface area contributed by atoms with Gasteiger partial charge in [-0.05, 0) is 30.7 Å². The fraction of sp³-hybridized carbons (Fsp3) is 0.467. The molecule has 1 aromatic rings. The zero-order valence-corrected chi connectivity index (χ0v) is 12.3. The van der Waals surface area contributed by atoms with E-state index in [4.69, 9.17) is 9.47 Å². The number of ether oxygens (including phenoxy) is 2. The molecule has 1 atom stereocenters. The molecule has 114 valence electrons. The molecule has 0 bridgehead atoms. The maximum absolute atomic E-state index is 12.2. The molecule has 1 N–H and O–H groups in total. The summed E-state index contributed by atoms with van der Waals surface area (Å²) in [5, 5.41) is 3.09. The van der Waals surface area contributed by atoms with Crippen molar-refractivity contribution in [3.05, 3.63) is 24.3 Å². The van der Waals surface area contributed by atoms with Gasteiger partial charge in [-0.2, -0.15) is 0 Å². The molecular weight excluding hydrogens is 272 g/mol. The number of benzene rings is 1. The van der Waals surface area contributed by atoms with Crippen LogP contribution in [0.1, 0.15) is 12.8 Å². The number of hydrogen-bond donors (Lipinski definition) is 1. The van der Waals surface area contributed by atoms with Gasteiger partial charge in [-0.25, -0.2) is 0 Å². The Morgan fingerprint density at radius 2 is 1.95 bits per heavy atom. The van der Waals surface area contributed by atoms with Crippen molar-refractivity contribution in [1.29, 1.82) is 0 Å². The van der Waals surface area contributed by atoms with Crippen molar-refractivity contribution in [1.82, 2.24) is 4.90 Å². The van der Waals surface area contributed by atoms with Crippen molar-refractivity contribution < 1.29 is 19.1 Å². The van der Waals surface area contributed by atoms with Gasteiger partial charge >= 0.3 is 0 Å². The zero-order valence-electron chi connectivity index (χ0n) is 12.3. The molecule has 0 aromatic heterocycles. The van der Waals surface area contributed by atoms with Crippen LogP contribution < -0.4 is 10.1 Å². The molecule has 0 radical (unpaired) electrons. The van der Waals surface area contributed by atoms with Crippen LogP contribution in [0.2, 0.25) is 0 Å². The van der Waals surface area contributed by atoms with Crippen molar-refractivity contribution in [2.45, 2.75) is 18.9 Å². The Labute approximate surface area is 124 Å². The Morgan fingerprint density at radius 3 is 2.57 bits per heavy atom. The highest BCUT2D eigenvalue weighted by Gasteiger charge is 2.37. The zero-order chi connectivity index (χ0) is 15.2. The fourth-order valence-electron chi connectivity index (χ4n) is 2.29. The van der Waals surface area contributed by atoms with Gasteiger partial charge in [0.2, 0.25) is 5.91 Å². The highest BCUT2D eigenvalue weighted by atomic mass is 16.5. The van der Waals surface area contributed by atoms with Gasteiger partial charge in [0.25, 0.3) is 5.91 Å². The first-order chi connectivity index (χ1) is 10.2. The lowest BCUT2D eigenvalue weighted by molar-refractivity contribution is -0.138. The second-order valence-corrected chi connectivity index (χ2v) is 4.86. The van der Waals surface area contributed by atoms with Gasteiger partial charge in [0.15, 0.2) is 0 Å². The van der Waals surface area contributed by atoms with Gasteiger partial charge in [-0.15, -0.1) is 0 Å². The summed E-state index contributed by atoms with van der Waals surface area (Å²) in [6.07, 6.45) is 0.848. The van der Waals surface area contributed by atoms with Crippen LogP contribution in [0.4, 0.5) is 5.69 Å². The van der Waals surface area contributed by atoms with E-state index in [1.165, 1.54) is 4.90 Å². The predicted octanol–water partition coefficient (Wildman–Crippen LogP) is 1.27. The Morgan fingerprint density at radius 1 is 1.24 bits per heavy atom. The topological polar surface area (TPSA) is 67.9 Å². The largest absolute Gasteiger partial charge is 0.497 e. The summed E-state index contributed by atoms with van der Waals surface area (Å²) in [7, 11) is 3.20. The van der Waals surface area contributed by atoms with E-state index in [1.807, 2.05) is 12.1 Å². The number of likely N-dealkylation sites (tertiary alicyclic amines) is 1. The average Bonchev–Trinajstić information content (AvgIpc) is 2.75. The second-order valence-electron chi connectivity index (χ2n) is 4.86. The molecule has 21 heavy (non-hydrogen) atoms. The summed E-state index contributed by atoms with van der Waals surface area (Å²) in [6.45, 7) is 0.944. The molecule has 0 spiro atoms. The molecule has 6 nitrogen and oxygen atoms in total. The fourth-order valence-corrected chi connectivity index (χ4v) is 2.29. The second kappa shape index (κ2) is 7.08. The third-order valence-electron chi connectivity index (χ3n) is 3.41. The lowest BCUT2D eigenvalue weighted by atomic mass is 10.2. The third-order valence-corrected chi connectivity index (χ3v) is 3.41. The number of imide groups is 1. The minimum Gasteiger partial charge on any atom is -0.497 e. The summed E-state index contributed by atoms with van der Waals surface area (Å²) in [5.74, 6) is 0.435. The predicted molar refractivity (Wildman–Crippen MR) is 78.2 cm³/mol. The maximum atomic E-state index is 12.2. The molecular formula is C15H20N2O4. The summed E-state index contributed by atoms with van der Waals surface area (Å²) < 4.78 is 10.0. The van der Waals surface area contributed by atoms with Crippen LogP contribution in [0, 0.1) is 0 Å². The van der Waals surface area contributed by atoms with Crippen LogP contribution >= 0.6 is 0 Å². The minimum atomic E-state index is -0.492. The van der Waals surface area contributed by atoms with Crippen LogP contribution in [0.25, 0.3) is 0 Å². The van der Waals surface area contributed by atoms with E-state index in [9.17, 15) is 9.59 Å². The van der Waals surface area contributed by atoms with Crippen LogP contribution in [0.5, 0.6) is 5.75 Å². The molecule has 1 heterocycles. The first-order valence-electron chi connectivity index (χ1n) is 6.89. The standard InChI is InChI=1S/C15H20N2O4/c1-20-9-3-8-17-14(18)10-13(15(17)19)16-11-4-6-12(21-2)7-5-11/h4-7,13,16H,3,8-10H2,1-2H3/t13-/m0/s1. The van der Waals surface area contributed by atoms with E-state index >= 15 is 0 Å². The van der Waals surface area contributed by atoms with E-state index in [0.29, 0.717) is 19.6 Å². The van der Waals surface area contributed by atoms with Crippen molar-refractivity contribution >= 4 is 17.5 Å². The normalized spacial score (nSPS) is 18.2. The van der Waals surface area contributed by atoms with Gasteiger partial charge in [0, 0.05) is 25.9 Å². The Hall–Kier alpha value is -2.08. The number of methoxy groups -OCH3 is 2. The van der Waals surface area contributed by atoms with Gasteiger partial charge in [0.1, 0.15) is 11.8 Å². The number of nitrogens with one attached hydrogen (secondary N) is 1. The summed E-state index contributed by atoms with van der Waals surface area (Å²) in [6, 6.07) is 6.77. The smallest absolute Gasteiger partial charge is 0.252 e. The van der Waals surface area contributed by atoms with E-state index in [2.05, 4.69) is 5.32 Å². The van der Waals surface area contributed by atoms with Gasteiger partial charge in [-0.3, -0.25) is 14.5 Å². The Balaban J connectivity index is 1.94. The number of nitrogens with zero attached hydrogens (tertiary/aromatic N) is 1. The molecule has 2 rings (SSSR count). The first kappa shape index (κ1) is 15.3. The number of hydrogen-bond acceptors (Lipinski definition) is 5. The van der Waals surface area contributed by atoms with Crippen LogP contribution in [0.15, 0.2) is 24.3 Å². The quantitative estimate of drug-likeness (QED) is 0.605. The molecule has 0 saturated carbocycles. The monoisotopic (exact) mass is 292 g/mol. The maximum Gasteiger partial charge on any atom is 0.252 e. The van der Waals surface area contributed by atoms with Crippen molar-refractivity contribution in [2.24, 2.45) is 0 Å². The first-order valence-corrected chi connectivity index (χ1v) is 6.89. The van der Waals surface area contributed by atoms with E-state index in [0.717, 1.165) is 11.4 Å². The molecule has 1 fully saturated rings. The van der Waals surface area contributed by atoms with Gasteiger partial charge in [0.05, 0.1) is 13.5 Å². The molecule has 6 heteroatoms. The SMILES string of the molecule is COCCCN1C(=O)C[C@H](Nc2ccc(OC)cc2)C1=O. The molecule has 0 aliphatic carbocycles. The van der Waals surface area contributed by atoms with Crippen LogP contribution in [-0.2, 0) is 14.3 Å². The number of carbonyl (C=O) groups is 2.